The number of nitrogens with one attached hydrogen (secondary N) is 1. The van der Waals surface area contributed by atoms with Crippen molar-refractivity contribution >= 4 is 39.1 Å². The highest BCUT2D eigenvalue weighted by Gasteiger charge is 2.35. The van der Waals surface area contributed by atoms with Crippen molar-refractivity contribution < 1.29 is 31.2 Å². The molecule has 34 heavy (non-hydrogen) atoms. The summed E-state index contributed by atoms with van der Waals surface area (Å²) in [6.45, 7) is 2.52. The third-order valence-electron chi connectivity index (χ3n) is 5.11. The Hall–Kier alpha value is -2.79. The summed E-state index contributed by atoms with van der Waals surface area (Å²) in [6.07, 6.45) is -4.06. The summed E-state index contributed by atoms with van der Waals surface area (Å²) in [7, 11) is -2.79. The highest BCUT2D eigenvalue weighted by Crippen LogP contribution is 2.37. The predicted molar refractivity (Wildman–Crippen MR) is 124 cm³/mol. The lowest BCUT2D eigenvalue weighted by Gasteiger charge is -2.31. The van der Waals surface area contributed by atoms with Crippen LogP contribution in [0.2, 0.25) is 5.02 Å². The molecule has 0 aliphatic heterocycles. The van der Waals surface area contributed by atoms with Crippen LogP contribution >= 0.6 is 11.6 Å². The molecule has 0 radical (unpaired) electrons. The van der Waals surface area contributed by atoms with Gasteiger partial charge in [-0.2, -0.15) is 13.2 Å². The first kappa shape index (κ1) is 27.5. The van der Waals surface area contributed by atoms with Crippen LogP contribution in [-0.2, 0) is 32.3 Å². The molecule has 186 valence electrons. The van der Waals surface area contributed by atoms with E-state index in [2.05, 4.69) is 5.32 Å². The van der Waals surface area contributed by atoms with E-state index < -0.39 is 51.2 Å². The summed E-state index contributed by atoms with van der Waals surface area (Å²) < 4.78 is 65.4. The van der Waals surface area contributed by atoms with Gasteiger partial charge in [0.15, 0.2) is 0 Å². The minimum absolute atomic E-state index is 0.0142. The van der Waals surface area contributed by atoms with Gasteiger partial charge < -0.3 is 10.2 Å². The highest BCUT2D eigenvalue weighted by atomic mass is 35.5. The Morgan fingerprint density at radius 1 is 1.12 bits per heavy atom. The van der Waals surface area contributed by atoms with Crippen LogP contribution in [-0.4, -0.2) is 51.0 Å². The number of halogens is 4. The van der Waals surface area contributed by atoms with E-state index >= 15 is 0 Å². The second-order valence-electron chi connectivity index (χ2n) is 7.73. The van der Waals surface area contributed by atoms with Crippen LogP contribution in [0.5, 0.6) is 0 Å². The fraction of sp³-hybridized carbons (Fsp3) is 0.364. The molecule has 2 aromatic rings. The summed E-state index contributed by atoms with van der Waals surface area (Å²) in [5.41, 5.74) is 0.0531. The Morgan fingerprint density at radius 2 is 1.71 bits per heavy atom. The van der Waals surface area contributed by atoms with Crippen LogP contribution in [0.4, 0.5) is 18.9 Å². The number of rotatable bonds is 8. The predicted octanol–water partition coefficient (Wildman–Crippen LogP) is 3.60. The molecule has 0 aliphatic carbocycles. The summed E-state index contributed by atoms with van der Waals surface area (Å²) in [4.78, 5) is 26.7. The molecule has 2 rings (SSSR count). The van der Waals surface area contributed by atoms with Crippen molar-refractivity contribution in [1.29, 1.82) is 0 Å². The van der Waals surface area contributed by atoms with E-state index in [1.54, 1.807) is 12.1 Å². The van der Waals surface area contributed by atoms with Crippen LogP contribution in [0.25, 0.3) is 0 Å². The Balaban J connectivity index is 2.46. The molecule has 0 heterocycles. The number of anilines is 1. The maximum atomic E-state index is 13.3. The van der Waals surface area contributed by atoms with Crippen LogP contribution in [0.15, 0.2) is 42.5 Å². The van der Waals surface area contributed by atoms with Crippen LogP contribution in [0, 0.1) is 6.92 Å². The number of hydrogen-bond donors (Lipinski definition) is 1. The Morgan fingerprint density at radius 3 is 2.21 bits per heavy atom. The van der Waals surface area contributed by atoms with Gasteiger partial charge >= 0.3 is 6.18 Å². The molecule has 0 saturated carbocycles. The zero-order chi connectivity index (χ0) is 25.8. The van der Waals surface area contributed by atoms with Gasteiger partial charge in [0.2, 0.25) is 21.8 Å². The molecule has 1 N–H and O–H groups in total. The summed E-state index contributed by atoms with van der Waals surface area (Å²) in [6, 6.07) is 8.75. The van der Waals surface area contributed by atoms with Crippen molar-refractivity contribution in [1.82, 2.24) is 10.2 Å². The van der Waals surface area contributed by atoms with Crippen LogP contribution < -0.4 is 9.62 Å². The third kappa shape index (κ3) is 6.86. The van der Waals surface area contributed by atoms with Gasteiger partial charge in [-0.3, -0.25) is 13.9 Å². The van der Waals surface area contributed by atoms with Crippen molar-refractivity contribution in [3.05, 3.63) is 64.2 Å². The molecule has 0 unspecified atom stereocenters. The van der Waals surface area contributed by atoms with Crippen molar-refractivity contribution in [3.8, 4) is 0 Å². The fourth-order valence-electron chi connectivity index (χ4n) is 3.18. The van der Waals surface area contributed by atoms with Crippen LogP contribution in [0.3, 0.4) is 0 Å². The first-order valence-corrected chi connectivity index (χ1v) is 12.3. The third-order valence-corrected chi connectivity index (χ3v) is 6.58. The van der Waals surface area contributed by atoms with Gasteiger partial charge in [-0.15, -0.1) is 0 Å². The van der Waals surface area contributed by atoms with Crippen molar-refractivity contribution in [2.24, 2.45) is 0 Å². The molecule has 0 aliphatic rings. The van der Waals surface area contributed by atoms with Gasteiger partial charge in [-0.1, -0.05) is 41.4 Å². The van der Waals surface area contributed by atoms with E-state index in [0.717, 1.165) is 24.0 Å². The second kappa shape index (κ2) is 10.6. The molecular weight excluding hydrogens is 495 g/mol. The lowest BCUT2D eigenvalue weighted by molar-refractivity contribution is -0.139. The smallest absolute Gasteiger partial charge is 0.357 e. The zero-order valence-electron chi connectivity index (χ0n) is 19.0. The zero-order valence-corrected chi connectivity index (χ0v) is 20.6. The van der Waals surface area contributed by atoms with E-state index in [4.69, 9.17) is 11.6 Å². The Bertz CT molecular complexity index is 1150. The summed E-state index contributed by atoms with van der Waals surface area (Å²) >= 11 is 5.64. The average Bonchev–Trinajstić information content (AvgIpc) is 2.74. The number of amides is 2. The molecule has 0 fully saturated rings. The van der Waals surface area contributed by atoms with Crippen molar-refractivity contribution in [3.63, 3.8) is 0 Å². The van der Waals surface area contributed by atoms with Crippen molar-refractivity contribution in [2.75, 3.05) is 24.2 Å². The SMILES string of the molecule is CNC(=O)[C@@H](C)N(Cc1ccc(C)cc1)C(=O)CN(c1ccc(Cl)c(C(F)(F)F)c1)S(C)(=O)=O. The van der Waals surface area contributed by atoms with Gasteiger partial charge in [0.1, 0.15) is 12.6 Å². The molecule has 0 saturated heterocycles. The summed E-state index contributed by atoms with van der Waals surface area (Å²) in [5, 5.41) is 1.83. The molecule has 0 aromatic heterocycles. The van der Waals surface area contributed by atoms with E-state index in [1.165, 1.54) is 18.9 Å². The van der Waals surface area contributed by atoms with Gasteiger partial charge in [0.05, 0.1) is 22.5 Å². The van der Waals surface area contributed by atoms with E-state index in [1.807, 2.05) is 19.1 Å². The lowest BCUT2D eigenvalue weighted by atomic mass is 10.1. The van der Waals surface area contributed by atoms with Gasteiger partial charge in [0.25, 0.3) is 0 Å². The number of nitrogens with zero attached hydrogens (tertiary/aromatic N) is 2. The standard InChI is InChI=1S/C22H25ClF3N3O4S/c1-14-5-7-16(8-6-14)12-28(15(2)21(31)27-3)20(30)13-29(34(4,32)33)17-9-10-19(23)18(11-17)22(24,25)26/h5-11,15H,12-13H2,1-4H3,(H,27,31)/t15-/m1/s1. The second-order valence-corrected chi connectivity index (χ2v) is 10.0. The number of likely N-dealkylation sites (N-methyl/N-ethyl adjacent to an activating group) is 1. The van der Waals surface area contributed by atoms with Gasteiger partial charge in [0, 0.05) is 13.6 Å². The Kier molecular flexibility index (Phi) is 8.59. The monoisotopic (exact) mass is 519 g/mol. The van der Waals surface area contributed by atoms with Gasteiger partial charge in [-0.25, -0.2) is 8.42 Å². The maximum absolute atomic E-state index is 13.3. The lowest BCUT2D eigenvalue weighted by Crippen LogP contribution is -2.50. The minimum Gasteiger partial charge on any atom is -0.357 e. The number of hydrogen-bond acceptors (Lipinski definition) is 4. The Labute approximate surface area is 201 Å². The number of aryl methyl sites for hydroxylation is 1. The molecule has 7 nitrogen and oxygen atoms in total. The first-order chi connectivity index (χ1) is 15.6. The van der Waals surface area contributed by atoms with E-state index in [0.29, 0.717) is 15.9 Å². The van der Waals surface area contributed by atoms with E-state index in [9.17, 15) is 31.2 Å². The molecule has 0 spiro atoms. The van der Waals surface area contributed by atoms with Gasteiger partial charge in [-0.05, 0) is 37.6 Å². The highest BCUT2D eigenvalue weighted by molar-refractivity contribution is 7.92. The topological polar surface area (TPSA) is 86.8 Å². The molecule has 0 bridgehead atoms. The molecule has 12 heteroatoms. The number of carbonyl (C=O) groups excluding carboxylic acids is 2. The molecule has 2 amide bonds. The quantitative estimate of drug-likeness (QED) is 0.577. The number of alkyl halides is 3. The molecule has 2 aromatic carbocycles. The largest absolute Gasteiger partial charge is 0.417 e. The van der Waals surface area contributed by atoms with E-state index in [-0.39, 0.29) is 12.2 Å². The first-order valence-electron chi connectivity index (χ1n) is 10.1. The van der Waals surface area contributed by atoms with Crippen molar-refractivity contribution in [2.45, 2.75) is 32.6 Å². The minimum atomic E-state index is -4.83. The van der Waals surface area contributed by atoms with Crippen LogP contribution in [0.1, 0.15) is 23.6 Å². The number of sulfonamides is 1. The summed E-state index contributed by atoms with van der Waals surface area (Å²) in [5.74, 6) is -1.26. The number of carbonyl (C=O) groups is 2. The normalized spacial score (nSPS) is 12.7. The molecular formula is C22H25ClF3N3O4S. The maximum Gasteiger partial charge on any atom is 0.417 e. The number of benzene rings is 2. The fourth-order valence-corrected chi connectivity index (χ4v) is 4.25. The average molecular weight is 520 g/mol. The molecule has 1 atom stereocenters.